The highest BCUT2D eigenvalue weighted by molar-refractivity contribution is 5.87. The molecule has 0 spiro atoms. The quantitative estimate of drug-likeness (QED) is 0.683. The molecule has 2 saturated carbocycles. The van der Waals surface area contributed by atoms with Crippen molar-refractivity contribution in [3.63, 3.8) is 0 Å². The minimum absolute atomic E-state index is 0.0645. The Hall–Kier alpha value is -2.70. The summed E-state index contributed by atoms with van der Waals surface area (Å²) in [6.07, 6.45) is 6.28. The number of anilines is 2. The number of Topliss-reactive ketones (excluding diaryl/α,β-unsaturated/α-hetero) is 1. The Kier molecular flexibility index (Phi) is 3.92. The van der Waals surface area contributed by atoms with Crippen LogP contribution in [0.15, 0.2) is 18.2 Å². The first-order chi connectivity index (χ1) is 15.6. The number of ketones is 1. The van der Waals surface area contributed by atoms with E-state index >= 15 is 0 Å². The molecule has 2 saturated heterocycles. The molecule has 3 heterocycles. The van der Waals surface area contributed by atoms with Crippen LogP contribution in [0.1, 0.15) is 56.1 Å². The first kappa shape index (κ1) is 18.8. The molecule has 0 bridgehead atoms. The molecule has 3 aliphatic carbocycles. The predicted octanol–water partition coefficient (Wildman–Crippen LogP) is 3.73. The average Bonchev–Trinajstić information content (AvgIpc) is 3.70. The van der Waals surface area contributed by atoms with Crippen molar-refractivity contribution in [2.45, 2.75) is 51.4 Å². The lowest BCUT2D eigenvalue weighted by Gasteiger charge is -2.48. The van der Waals surface area contributed by atoms with Crippen molar-refractivity contribution in [3.8, 4) is 11.8 Å². The molecule has 166 valence electrons. The fourth-order valence-electron chi connectivity index (χ4n) is 6.66. The van der Waals surface area contributed by atoms with Gasteiger partial charge in [0.15, 0.2) is 0 Å². The monoisotopic (exact) mass is 431 g/mol. The number of aryl methyl sites for hydroxylation is 1. The summed E-state index contributed by atoms with van der Waals surface area (Å²) in [5, 5.41) is 0. The lowest BCUT2D eigenvalue weighted by Crippen LogP contribution is -2.42. The van der Waals surface area contributed by atoms with Gasteiger partial charge in [-0.2, -0.15) is 15.0 Å². The number of nitrogens with zero attached hydrogens (tertiary/aromatic N) is 5. The van der Waals surface area contributed by atoms with E-state index < -0.39 is 0 Å². The van der Waals surface area contributed by atoms with Gasteiger partial charge in [-0.15, -0.1) is 0 Å². The van der Waals surface area contributed by atoms with Crippen molar-refractivity contribution in [1.82, 2.24) is 15.0 Å². The zero-order valence-corrected chi connectivity index (χ0v) is 18.6. The number of carbonyl (C=O) groups excluding carboxylic acids is 1. The molecule has 0 unspecified atom stereocenters. The van der Waals surface area contributed by atoms with Gasteiger partial charge in [-0.1, -0.05) is 13.0 Å². The van der Waals surface area contributed by atoms with E-state index in [0.717, 1.165) is 64.0 Å². The zero-order valence-electron chi connectivity index (χ0n) is 18.6. The molecule has 7 rings (SSSR count). The maximum absolute atomic E-state index is 12.6. The second-order valence-electron chi connectivity index (χ2n) is 10.5. The van der Waals surface area contributed by atoms with Gasteiger partial charge in [0.1, 0.15) is 11.5 Å². The number of hydrogen-bond donors (Lipinski definition) is 0. The van der Waals surface area contributed by atoms with E-state index in [1.165, 1.54) is 17.5 Å². The predicted molar refractivity (Wildman–Crippen MR) is 120 cm³/mol. The van der Waals surface area contributed by atoms with Crippen LogP contribution in [0.4, 0.5) is 11.9 Å². The Bertz CT molecular complexity index is 1080. The normalized spacial score (nSPS) is 32.3. The molecule has 0 radical (unpaired) electrons. The van der Waals surface area contributed by atoms with E-state index in [4.69, 9.17) is 4.74 Å². The lowest BCUT2D eigenvalue weighted by molar-refractivity contribution is -0.129. The summed E-state index contributed by atoms with van der Waals surface area (Å²) in [5.74, 6) is 4.54. The molecule has 5 aliphatic rings. The summed E-state index contributed by atoms with van der Waals surface area (Å²) < 4.78 is 6.16. The molecule has 0 N–H and O–H groups in total. The fourth-order valence-corrected chi connectivity index (χ4v) is 6.66. The van der Waals surface area contributed by atoms with Crippen LogP contribution in [0.3, 0.4) is 0 Å². The van der Waals surface area contributed by atoms with Crippen molar-refractivity contribution < 1.29 is 9.53 Å². The Morgan fingerprint density at radius 2 is 1.72 bits per heavy atom. The van der Waals surface area contributed by atoms with Crippen LogP contribution in [0.5, 0.6) is 11.8 Å². The fraction of sp³-hybridized carbons (Fsp3) is 0.600. The average molecular weight is 432 g/mol. The minimum atomic E-state index is -0.0645. The maximum atomic E-state index is 12.6. The lowest BCUT2D eigenvalue weighted by atomic mass is 9.55. The van der Waals surface area contributed by atoms with Crippen LogP contribution in [0.25, 0.3) is 0 Å². The van der Waals surface area contributed by atoms with Gasteiger partial charge < -0.3 is 14.5 Å². The first-order valence-electron chi connectivity index (χ1n) is 12.2. The molecule has 7 heteroatoms. The third-order valence-corrected chi connectivity index (χ3v) is 8.67. The van der Waals surface area contributed by atoms with Gasteiger partial charge in [-0.3, -0.25) is 4.79 Å². The number of fused-ring (bicyclic) bond motifs is 5. The van der Waals surface area contributed by atoms with E-state index in [1.54, 1.807) is 0 Å². The van der Waals surface area contributed by atoms with Gasteiger partial charge in [0.2, 0.25) is 11.9 Å². The summed E-state index contributed by atoms with van der Waals surface area (Å²) in [7, 11) is 0. The van der Waals surface area contributed by atoms with Crippen molar-refractivity contribution in [2.75, 3.05) is 36.0 Å². The topological polar surface area (TPSA) is 71.0 Å². The molecular weight excluding hydrogens is 402 g/mol. The highest BCUT2D eigenvalue weighted by Gasteiger charge is 2.54. The number of carbonyl (C=O) groups is 1. The first-order valence-corrected chi connectivity index (χ1v) is 12.2. The SMILES string of the molecule is C[C@]12CC[C@@H]3c4ccc(Oc5nc(N6CC6)nc(N6CC6)n5)cc4CC[C@@H]3[C@@H]1CCC2=O. The largest absolute Gasteiger partial charge is 0.424 e. The van der Waals surface area contributed by atoms with Gasteiger partial charge in [0, 0.05) is 38.0 Å². The Balaban J connectivity index is 1.15. The number of rotatable bonds is 4. The molecular formula is C25H29N5O2. The van der Waals surface area contributed by atoms with Crippen LogP contribution < -0.4 is 14.5 Å². The molecule has 4 atom stereocenters. The number of ether oxygens (including phenoxy) is 1. The van der Waals surface area contributed by atoms with E-state index in [2.05, 4.69) is 49.9 Å². The second kappa shape index (κ2) is 6.65. The summed E-state index contributed by atoms with van der Waals surface area (Å²) in [4.78, 5) is 30.5. The third kappa shape index (κ3) is 2.93. The van der Waals surface area contributed by atoms with Crippen LogP contribution in [0.2, 0.25) is 0 Å². The molecule has 1 aromatic carbocycles. The summed E-state index contributed by atoms with van der Waals surface area (Å²) in [5.41, 5.74) is 2.80. The molecule has 7 nitrogen and oxygen atoms in total. The number of benzene rings is 1. The van der Waals surface area contributed by atoms with Crippen LogP contribution in [0, 0.1) is 17.3 Å². The third-order valence-electron chi connectivity index (χ3n) is 8.67. The molecule has 1 aromatic heterocycles. The molecule has 2 aliphatic heterocycles. The minimum Gasteiger partial charge on any atom is -0.424 e. The molecule has 4 fully saturated rings. The molecule has 2 aromatic rings. The zero-order chi connectivity index (χ0) is 21.4. The van der Waals surface area contributed by atoms with Crippen LogP contribution in [-0.2, 0) is 11.2 Å². The van der Waals surface area contributed by atoms with Crippen LogP contribution in [-0.4, -0.2) is 46.9 Å². The van der Waals surface area contributed by atoms with E-state index in [9.17, 15) is 4.79 Å². The summed E-state index contributed by atoms with van der Waals surface area (Å²) >= 11 is 0. The van der Waals surface area contributed by atoms with Gasteiger partial charge in [0.05, 0.1) is 0 Å². The molecule has 32 heavy (non-hydrogen) atoms. The highest BCUT2D eigenvalue weighted by Crippen LogP contribution is 2.59. The van der Waals surface area contributed by atoms with Gasteiger partial charge in [-0.05, 0) is 73.1 Å². The summed E-state index contributed by atoms with van der Waals surface area (Å²) in [6.45, 7) is 6.22. The summed E-state index contributed by atoms with van der Waals surface area (Å²) in [6, 6.07) is 6.91. The second-order valence-corrected chi connectivity index (χ2v) is 10.5. The highest BCUT2D eigenvalue weighted by atomic mass is 16.5. The van der Waals surface area contributed by atoms with Crippen molar-refractivity contribution in [1.29, 1.82) is 0 Å². The van der Waals surface area contributed by atoms with E-state index in [-0.39, 0.29) is 5.41 Å². The van der Waals surface area contributed by atoms with Gasteiger partial charge >= 0.3 is 6.01 Å². The number of aromatic nitrogens is 3. The standard InChI is InChI=1S/C25H29N5O2/c1-25-9-8-18-17-5-3-16(14-15(17)2-4-19(18)20(25)6-7-21(25)31)32-24-27-22(29-10-11-29)26-23(28-24)30-12-13-30/h3,5,14,18-20H,2,4,6-13H2,1H3/t18-,19+,20+,25+/m1/s1. The Morgan fingerprint density at radius 1 is 0.969 bits per heavy atom. The van der Waals surface area contributed by atoms with Crippen molar-refractivity contribution >= 4 is 17.7 Å². The van der Waals surface area contributed by atoms with Crippen molar-refractivity contribution in [2.24, 2.45) is 17.3 Å². The van der Waals surface area contributed by atoms with E-state index in [1.807, 2.05) is 0 Å². The Labute approximate surface area is 188 Å². The van der Waals surface area contributed by atoms with Crippen molar-refractivity contribution in [3.05, 3.63) is 29.3 Å². The van der Waals surface area contributed by atoms with E-state index in [0.29, 0.717) is 41.4 Å². The van der Waals surface area contributed by atoms with Gasteiger partial charge in [0.25, 0.3) is 0 Å². The molecule has 0 amide bonds. The smallest absolute Gasteiger partial charge is 0.328 e. The van der Waals surface area contributed by atoms with Gasteiger partial charge in [-0.25, -0.2) is 0 Å². The number of hydrogen-bond acceptors (Lipinski definition) is 7. The Morgan fingerprint density at radius 3 is 2.44 bits per heavy atom. The maximum Gasteiger partial charge on any atom is 0.328 e. The van der Waals surface area contributed by atoms with Crippen LogP contribution >= 0.6 is 0 Å².